The highest BCUT2D eigenvalue weighted by molar-refractivity contribution is 9.10. The molecule has 1 fully saturated rings. The molecule has 25 heavy (non-hydrogen) atoms. The molecule has 2 N–H and O–H groups in total. The van der Waals surface area contributed by atoms with Crippen LogP contribution in [0.15, 0.2) is 46.9 Å². The van der Waals surface area contributed by atoms with Crippen molar-refractivity contribution in [2.45, 2.75) is 25.2 Å². The lowest BCUT2D eigenvalue weighted by Crippen LogP contribution is -2.39. The van der Waals surface area contributed by atoms with Gasteiger partial charge in [0.15, 0.2) is 0 Å². The summed E-state index contributed by atoms with van der Waals surface area (Å²) < 4.78 is 0.954. The van der Waals surface area contributed by atoms with Crippen molar-refractivity contribution in [2.75, 3.05) is 11.9 Å². The smallest absolute Gasteiger partial charge is 0.243 e. The molecule has 0 atom stereocenters. The van der Waals surface area contributed by atoms with Crippen molar-refractivity contribution in [1.82, 2.24) is 5.32 Å². The number of carbonyl (C=O) groups excluding carboxylic acids is 2. The summed E-state index contributed by atoms with van der Waals surface area (Å²) in [5.74, 6) is -0.358. The van der Waals surface area contributed by atoms with Crippen molar-refractivity contribution in [3.63, 3.8) is 0 Å². The van der Waals surface area contributed by atoms with E-state index >= 15 is 0 Å². The fourth-order valence-electron chi connectivity index (χ4n) is 2.83. The van der Waals surface area contributed by atoms with Crippen LogP contribution in [0.1, 0.15) is 24.0 Å². The van der Waals surface area contributed by atoms with Crippen LogP contribution >= 0.6 is 27.5 Å². The molecule has 1 saturated carbocycles. The Labute approximate surface area is 160 Å². The summed E-state index contributed by atoms with van der Waals surface area (Å²) in [6.07, 6.45) is 1.57. The van der Waals surface area contributed by atoms with Gasteiger partial charge in [-0.15, -0.1) is 0 Å². The molecule has 3 rings (SSSR count). The third kappa shape index (κ3) is 4.05. The van der Waals surface area contributed by atoms with Crippen LogP contribution in [-0.4, -0.2) is 18.4 Å². The second-order valence-corrected chi connectivity index (χ2v) is 7.63. The monoisotopic (exact) mass is 420 g/mol. The van der Waals surface area contributed by atoms with Crippen LogP contribution in [0, 0.1) is 6.92 Å². The van der Waals surface area contributed by atoms with Crippen molar-refractivity contribution in [1.29, 1.82) is 0 Å². The largest absolute Gasteiger partial charge is 0.346 e. The zero-order valence-electron chi connectivity index (χ0n) is 13.7. The predicted octanol–water partition coefficient (Wildman–Crippen LogP) is 4.20. The lowest BCUT2D eigenvalue weighted by atomic mass is 9.95. The number of aryl methyl sites for hydroxylation is 1. The van der Waals surface area contributed by atoms with Gasteiger partial charge in [-0.1, -0.05) is 39.7 Å². The minimum Gasteiger partial charge on any atom is -0.346 e. The zero-order valence-corrected chi connectivity index (χ0v) is 16.1. The third-order valence-electron chi connectivity index (χ3n) is 4.45. The number of hydrogen-bond acceptors (Lipinski definition) is 2. The van der Waals surface area contributed by atoms with Crippen LogP contribution in [-0.2, 0) is 15.0 Å². The average Bonchev–Trinajstić information content (AvgIpc) is 3.38. The Kier molecular flexibility index (Phi) is 5.16. The molecule has 2 aromatic rings. The number of hydrogen-bond donors (Lipinski definition) is 2. The number of halogens is 2. The van der Waals surface area contributed by atoms with E-state index < -0.39 is 5.41 Å². The van der Waals surface area contributed by atoms with E-state index in [1.54, 1.807) is 12.1 Å². The van der Waals surface area contributed by atoms with Gasteiger partial charge in [0.1, 0.15) is 0 Å². The minimum absolute atomic E-state index is 0.0519. The quantitative estimate of drug-likeness (QED) is 0.760. The molecular formula is C19H18BrClN2O2. The highest BCUT2D eigenvalue weighted by Crippen LogP contribution is 2.48. The first kappa shape index (κ1) is 18.0. The van der Waals surface area contributed by atoms with Crippen molar-refractivity contribution < 1.29 is 9.59 Å². The molecule has 0 aliphatic heterocycles. The molecule has 0 aromatic heterocycles. The number of amides is 2. The van der Waals surface area contributed by atoms with Crippen LogP contribution in [0.2, 0.25) is 5.02 Å². The number of benzene rings is 2. The fourth-order valence-corrected chi connectivity index (χ4v) is 3.43. The van der Waals surface area contributed by atoms with Gasteiger partial charge in [-0.2, -0.15) is 0 Å². The highest BCUT2D eigenvalue weighted by atomic mass is 79.9. The Hall–Kier alpha value is -1.85. The molecule has 0 bridgehead atoms. The van der Waals surface area contributed by atoms with Crippen molar-refractivity contribution in [3.05, 3.63) is 63.1 Å². The van der Waals surface area contributed by atoms with E-state index in [4.69, 9.17) is 11.6 Å². The molecule has 2 amide bonds. The first-order valence-corrected chi connectivity index (χ1v) is 9.18. The summed E-state index contributed by atoms with van der Waals surface area (Å²) >= 11 is 9.30. The maximum atomic E-state index is 12.6. The van der Waals surface area contributed by atoms with Gasteiger partial charge in [-0.3, -0.25) is 9.59 Å². The number of nitrogens with one attached hydrogen (secondary N) is 2. The molecule has 0 spiro atoms. The summed E-state index contributed by atoms with van der Waals surface area (Å²) in [7, 11) is 0. The second-order valence-electron chi connectivity index (χ2n) is 6.28. The van der Waals surface area contributed by atoms with Crippen LogP contribution in [0.4, 0.5) is 5.69 Å². The number of carbonyl (C=O) groups is 2. The normalized spacial score (nSPS) is 14.7. The van der Waals surface area contributed by atoms with Gasteiger partial charge in [0.05, 0.1) is 12.0 Å². The maximum Gasteiger partial charge on any atom is 0.243 e. The van der Waals surface area contributed by atoms with E-state index in [2.05, 4.69) is 26.6 Å². The Morgan fingerprint density at radius 2 is 1.84 bits per heavy atom. The average molecular weight is 422 g/mol. The molecule has 130 valence electrons. The molecule has 4 nitrogen and oxygen atoms in total. The van der Waals surface area contributed by atoms with Crippen LogP contribution in [0.3, 0.4) is 0 Å². The Balaban J connectivity index is 1.58. The Morgan fingerprint density at radius 3 is 2.44 bits per heavy atom. The van der Waals surface area contributed by atoms with Gasteiger partial charge in [-0.05, 0) is 61.2 Å². The third-order valence-corrected chi connectivity index (χ3v) is 5.20. The van der Waals surface area contributed by atoms with E-state index in [1.165, 1.54) is 0 Å². The second kappa shape index (κ2) is 7.18. The van der Waals surface area contributed by atoms with Gasteiger partial charge in [0.2, 0.25) is 11.8 Å². The van der Waals surface area contributed by atoms with Gasteiger partial charge in [0, 0.05) is 15.2 Å². The molecular weight excluding hydrogens is 404 g/mol. The summed E-state index contributed by atoms with van der Waals surface area (Å²) in [5.41, 5.74) is 2.12. The topological polar surface area (TPSA) is 58.2 Å². The molecule has 1 aliphatic rings. The minimum atomic E-state index is -0.515. The van der Waals surface area contributed by atoms with Crippen LogP contribution < -0.4 is 10.6 Å². The van der Waals surface area contributed by atoms with Gasteiger partial charge in [-0.25, -0.2) is 0 Å². The molecule has 2 aromatic carbocycles. The maximum absolute atomic E-state index is 12.6. The van der Waals surface area contributed by atoms with Crippen molar-refractivity contribution in [2.24, 2.45) is 0 Å². The summed E-state index contributed by atoms with van der Waals surface area (Å²) in [6, 6.07) is 12.9. The molecule has 0 heterocycles. The lowest BCUT2D eigenvalue weighted by molar-refractivity contribution is -0.126. The summed E-state index contributed by atoms with van der Waals surface area (Å²) in [4.78, 5) is 24.7. The number of anilines is 1. The lowest BCUT2D eigenvalue weighted by Gasteiger charge is -2.16. The van der Waals surface area contributed by atoms with Crippen LogP contribution in [0.5, 0.6) is 0 Å². The van der Waals surface area contributed by atoms with Crippen LogP contribution in [0.25, 0.3) is 0 Å². The van der Waals surface area contributed by atoms with E-state index in [1.807, 2.05) is 37.3 Å². The standard InChI is InChI=1S/C19H18BrClN2O2/c1-12-10-14(20)4-7-16(12)23-17(24)11-22-18(25)19(8-9-19)13-2-5-15(21)6-3-13/h2-7,10H,8-9,11H2,1H3,(H,22,25)(H,23,24). The first-order chi connectivity index (χ1) is 11.9. The molecule has 1 aliphatic carbocycles. The SMILES string of the molecule is Cc1cc(Br)ccc1NC(=O)CNC(=O)C1(c2ccc(Cl)cc2)CC1. The Morgan fingerprint density at radius 1 is 1.16 bits per heavy atom. The molecule has 0 unspecified atom stereocenters. The summed E-state index contributed by atoms with van der Waals surface area (Å²) in [6.45, 7) is 1.86. The first-order valence-electron chi connectivity index (χ1n) is 8.01. The van der Waals surface area contributed by atoms with Crippen molar-refractivity contribution in [3.8, 4) is 0 Å². The predicted molar refractivity (Wildman–Crippen MR) is 103 cm³/mol. The van der Waals surface area contributed by atoms with Gasteiger partial charge >= 0.3 is 0 Å². The highest BCUT2D eigenvalue weighted by Gasteiger charge is 2.51. The van der Waals surface area contributed by atoms with Gasteiger partial charge < -0.3 is 10.6 Å². The molecule has 0 radical (unpaired) electrons. The van der Waals surface area contributed by atoms with Gasteiger partial charge in [0.25, 0.3) is 0 Å². The Bertz CT molecular complexity index is 817. The molecule has 0 saturated heterocycles. The van der Waals surface area contributed by atoms with E-state index in [0.717, 1.165) is 34.1 Å². The molecule has 6 heteroatoms. The zero-order chi connectivity index (χ0) is 18.0. The van der Waals surface area contributed by atoms with E-state index in [0.29, 0.717) is 5.02 Å². The van der Waals surface area contributed by atoms with E-state index in [-0.39, 0.29) is 18.4 Å². The fraction of sp³-hybridized carbons (Fsp3) is 0.263. The van der Waals surface area contributed by atoms with Crippen molar-refractivity contribution >= 4 is 45.0 Å². The summed E-state index contributed by atoms with van der Waals surface area (Å²) in [5, 5.41) is 6.22. The number of rotatable bonds is 5. The van der Waals surface area contributed by atoms with E-state index in [9.17, 15) is 9.59 Å².